The van der Waals surface area contributed by atoms with Crippen molar-refractivity contribution in [3.8, 4) is 0 Å². The molecule has 6 aliphatic rings. The van der Waals surface area contributed by atoms with Crippen LogP contribution in [0.5, 0.6) is 0 Å². The summed E-state index contributed by atoms with van der Waals surface area (Å²) in [7, 11) is 0. The number of benzene rings is 2. The Hall–Kier alpha value is -1.38. The van der Waals surface area contributed by atoms with Gasteiger partial charge in [-0.25, -0.2) is 0 Å². The predicted molar refractivity (Wildman–Crippen MR) is 277 cm³/mol. The summed E-state index contributed by atoms with van der Waals surface area (Å²) in [4.78, 5) is 0. The zero-order valence-corrected chi connectivity index (χ0v) is 52.7. The summed E-state index contributed by atoms with van der Waals surface area (Å²) >= 11 is 3.48. The standard InChI is InChI=1S/2C28H33.2C2H6Si.2ClH.2Zr/c2*1-18-9-12-25(19(18)2)28(27(6,7)8)14-13-24-21(17-28)15-20-16-22(26(3,4)5)10-11-23(20)24;2*1-3-2;;;;/h2*9-11,13-16H,12H2,1-8H3;2*1-2H3;2*1H;;/q2*-1;;;;;;/p-2. The zero-order chi connectivity index (χ0) is 48.1. The fourth-order valence-electron chi connectivity index (χ4n) is 9.68. The van der Waals surface area contributed by atoms with Gasteiger partial charge >= 0.3 is 83.7 Å². The molecule has 0 aromatic heterocycles. The first-order chi connectivity index (χ1) is 29.3. The normalized spacial score (nSPS) is 21.2. The number of halogens is 2. The van der Waals surface area contributed by atoms with E-state index in [2.05, 4.69) is 234 Å². The molecule has 0 saturated heterocycles. The smallest absolute Gasteiger partial charge is 1.00 e. The van der Waals surface area contributed by atoms with Gasteiger partial charge in [0.1, 0.15) is 0 Å². The molecule has 8 rings (SSSR count). The van der Waals surface area contributed by atoms with Crippen LogP contribution >= 0.6 is 0 Å². The van der Waals surface area contributed by atoms with Crippen molar-refractivity contribution in [3.05, 3.63) is 162 Å². The van der Waals surface area contributed by atoms with Crippen molar-refractivity contribution in [1.29, 1.82) is 0 Å². The van der Waals surface area contributed by atoms with Crippen LogP contribution in [0.3, 0.4) is 0 Å². The van der Waals surface area contributed by atoms with Crippen LogP contribution in [0.2, 0.25) is 26.2 Å². The molecule has 6 aliphatic carbocycles. The molecule has 0 aliphatic heterocycles. The van der Waals surface area contributed by atoms with Crippen molar-refractivity contribution in [2.24, 2.45) is 21.7 Å². The van der Waals surface area contributed by atoms with Gasteiger partial charge in [-0.05, 0) is 95.3 Å². The Morgan fingerprint density at radius 3 is 1.06 bits per heavy atom. The van der Waals surface area contributed by atoms with E-state index in [0.717, 1.165) is 12.8 Å². The minimum atomic E-state index is -0.157. The summed E-state index contributed by atoms with van der Waals surface area (Å²) in [5, 5.41) is 5.37. The number of fused-ring (bicyclic) bond motifs is 4. The second-order valence-electron chi connectivity index (χ2n) is 23.5. The van der Waals surface area contributed by atoms with Crippen LogP contribution < -0.4 is 45.7 Å². The van der Waals surface area contributed by atoms with Crippen LogP contribution in [0, 0.1) is 33.8 Å². The minimum absolute atomic E-state index is 0. The van der Waals surface area contributed by atoms with Gasteiger partial charge in [-0.1, -0.05) is 187 Å². The van der Waals surface area contributed by atoms with Gasteiger partial charge < -0.3 is 24.8 Å². The third-order valence-electron chi connectivity index (χ3n) is 13.9. The maximum Gasteiger partial charge on any atom is -1.00 e. The van der Waals surface area contributed by atoms with Gasteiger partial charge in [0.15, 0.2) is 0 Å². The average molecular weight is 1110 g/mol. The fourth-order valence-corrected chi connectivity index (χ4v) is 9.68. The van der Waals surface area contributed by atoms with Crippen molar-refractivity contribution in [2.75, 3.05) is 0 Å². The van der Waals surface area contributed by atoms with Crippen molar-refractivity contribution in [2.45, 2.75) is 161 Å². The van der Waals surface area contributed by atoms with E-state index in [9.17, 15) is 0 Å². The largest absolute Gasteiger partial charge is 1.00 e. The van der Waals surface area contributed by atoms with Gasteiger partial charge in [-0.15, -0.1) is 23.3 Å². The Bertz CT molecular complexity index is 2600. The topological polar surface area (TPSA) is 0 Å². The van der Waals surface area contributed by atoms with E-state index in [-0.39, 0.29) is 68.2 Å². The van der Waals surface area contributed by atoms with E-state index in [1.165, 1.54) is 87.7 Å². The third kappa shape index (κ3) is 12.4. The summed E-state index contributed by atoms with van der Waals surface area (Å²) in [5.74, 6) is 0. The average Bonchev–Trinajstić information content (AvgIpc) is 3.91. The molecular weight excluding hydrogens is 1030 g/mol. The van der Waals surface area contributed by atoms with Crippen molar-refractivity contribution >= 4 is 34.2 Å². The van der Waals surface area contributed by atoms with Crippen molar-refractivity contribution < 1.29 is 71.5 Å². The number of rotatable bonds is 2. The van der Waals surface area contributed by atoms with E-state index in [0.29, 0.717) is 0 Å². The first kappa shape index (κ1) is 58.9. The Balaban J connectivity index is 0.000000294. The van der Waals surface area contributed by atoms with Crippen LogP contribution in [0.15, 0.2) is 117 Å². The maximum absolute atomic E-state index is 4.01. The molecule has 352 valence electrons. The molecule has 0 nitrogen and oxygen atoms in total. The number of hydrogen-bond donors (Lipinski definition) is 0. The van der Waals surface area contributed by atoms with Gasteiger partial charge in [-0.3, -0.25) is 0 Å². The van der Waals surface area contributed by atoms with Crippen LogP contribution in [0.4, 0.5) is 0 Å². The summed E-state index contributed by atoms with van der Waals surface area (Å²) < 4.78 is 0. The van der Waals surface area contributed by atoms with E-state index in [4.69, 9.17) is 0 Å². The monoisotopic (exact) mass is 1100 g/mol. The first-order valence-corrected chi connectivity index (χ1v) is 35.9. The molecular formula is C60H78Cl2Si2Zr2-4. The van der Waals surface area contributed by atoms with Gasteiger partial charge in [0.05, 0.1) is 0 Å². The molecule has 2 aromatic rings. The fraction of sp³-hybridized carbons (Fsp3) is 0.467. The Kier molecular flexibility index (Phi) is 19.6. The molecule has 66 heavy (non-hydrogen) atoms. The van der Waals surface area contributed by atoms with E-state index in [1.54, 1.807) is 46.7 Å². The van der Waals surface area contributed by atoms with E-state index in [1.807, 2.05) is 0 Å². The van der Waals surface area contributed by atoms with Crippen molar-refractivity contribution in [3.63, 3.8) is 0 Å². The number of hydrogen-bond acceptors (Lipinski definition) is 0. The Morgan fingerprint density at radius 2 is 0.818 bits per heavy atom. The van der Waals surface area contributed by atoms with Gasteiger partial charge in [0, 0.05) is 0 Å². The molecule has 2 unspecified atom stereocenters. The molecule has 0 saturated carbocycles. The zero-order valence-electron chi connectivity index (χ0n) is 44.3. The summed E-state index contributed by atoms with van der Waals surface area (Å²) in [5.41, 5.74) is 17.3. The van der Waals surface area contributed by atoms with Gasteiger partial charge in [0.2, 0.25) is 0 Å². The molecule has 2 atom stereocenters. The minimum Gasteiger partial charge on any atom is -1.00 e. The van der Waals surface area contributed by atoms with Gasteiger partial charge in [-0.2, -0.15) is 35.5 Å². The molecule has 0 heterocycles. The van der Waals surface area contributed by atoms with Crippen LogP contribution in [-0.2, 0) is 57.5 Å². The molecule has 0 amide bonds. The second kappa shape index (κ2) is 21.9. The van der Waals surface area contributed by atoms with Crippen LogP contribution in [-0.4, -0.2) is 10.9 Å². The summed E-state index contributed by atoms with van der Waals surface area (Å²) in [6.07, 6.45) is 29.2. The maximum atomic E-state index is 4.01. The molecule has 6 heteroatoms. The molecule has 0 spiro atoms. The molecule has 0 radical (unpaired) electrons. The predicted octanol–water partition coefficient (Wildman–Crippen LogP) is 7.43. The van der Waals surface area contributed by atoms with Crippen molar-refractivity contribution in [1.82, 2.24) is 0 Å². The van der Waals surface area contributed by atoms with E-state index < -0.39 is 0 Å². The Labute approximate surface area is 445 Å². The van der Waals surface area contributed by atoms with Gasteiger partial charge in [0.25, 0.3) is 0 Å². The molecule has 0 bridgehead atoms. The first-order valence-electron chi connectivity index (χ1n) is 23.6. The summed E-state index contributed by atoms with van der Waals surface area (Å²) in [6, 6.07) is 13.9. The third-order valence-corrected chi connectivity index (χ3v) is 13.9. The summed E-state index contributed by atoms with van der Waals surface area (Å²) in [6.45, 7) is 46.1. The Morgan fingerprint density at radius 1 is 0.515 bits per heavy atom. The van der Waals surface area contributed by atoms with Crippen LogP contribution in [0.25, 0.3) is 23.3 Å². The van der Waals surface area contributed by atoms with Crippen LogP contribution in [0.1, 0.15) is 135 Å². The molecule has 0 fully saturated rings. The quantitative estimate of drug-likeness (QED) is 0.217. The molecule has 2 aromatic carbocycles. The van der Waals surface area contributed by atoms with E-state index >= 15 is 0 Å². The molecule has 0 N–H and O–H groups in total. The SMILES string of the molecule is CC1=CCC(C2(C(C)(C)C)[C-]=C3C=c4cc(C(C)(C)C)ccc4=C3C=C2)=C1C.CC1=CCC(C2(C(C)(C)C)[C-]=C3C=c4cc(C(C)(C)C)ccc4=C3C=C2)=C1C.C[Si](C)=[Zr].C[Si](C)=[Zr].[Cl-].[Cl-]. The second-order valence-corrected chi connectivity index (χ2v) is 42.2. The number of allylic oxidation sites excluding steroid dienone is 16.